The zero-order chi connectivity index (χ0) is 21.8. The third kappa shape index (κ3) is 4.76. The van der Waals surface area contributed by atoms with Crippen LogP contribution in [-0.2, 0) is 17.8 Å². The maximum absolute atomic E-state index is 13.7. The monoisotopic (exact) mass is 421 g/mol. The van der Waals surface area contributed by atoms with E-state index in [2.05, 4.69) is 16.8 Å². The number of piperazine rings is 1. The first kappa shape index (κ1) is 21.0. The Kier molecular flexibility index (Phi) is 6.30. The first-order chi connectivity index (χ1) is 15.0. The molecule has 1 amide bonds. The predicted molar refractivity (Wildman–Crippen MR) is 119 cm³/mol. The number of halogens is 1. The highest BCUT2D eigenvalue weighted by molar-refractivity contribution is 5.76. The van der Waals surface area contributed by atoms with Crippen LogP contribution in [0.25, 0.3) is 11.3 Å². The number of anilines is 1. The molecule has 1 aromatic carbocycles. The van der Waals surface area contributed by atoms with Crippen molar-refractivity contribution in [3.8, 4) is 11.3 Å². The number of carbonyl (C=O) groups is 1. The van der Waals surface area contributed by atoms with Gasteiger partial charge in [-0.1, -0.05) is 19.4 Å². The zero-order valence-electron chi connectivity index (χ0n) is 18.1. The predicted octanol–water partition coefficient (Wildman–Crippen LogP) is 3.69. The molecule has 1 aliphatic rings. The minimum atomic E-state index is -0.225. The van der Waals surface area contributed by atoms with E-state index in [0.717, 1.165) is 48.7 Å². The van der Waals surface area contributed by atoms with Crippen molar-refractivity contribution in [1.82, 2.24) is 19.7 Å². The minimum Gasteiger partial charge on any atom is -0.353 e. The van der Waals surface area contributed by atoms with Gasteiger partial charge in [-0.25, -0.2) is 9.37 Å². The minimum absolute atomic E-state index is 0.0722. The highest BCUT2D eigenvalue weighted by Crippen LogP contribution is 2.23. The molecule has 31 heavy (non-hydrogen) atoms. The quantitative estimate of drug-likeness (QED) is 0.609. The van der Waals surface area contributed by atoms with Crippen LogP contribution in [0.4, 0.5) is 10.2 Å². The van der Waals surface area contributed by atoms with E-state index in [-0.39, 0.29) is 18.3 Å². The van der Waals surface area contributed by atoms with Gasteiger partial charge < -0.3 is 9.80 Å². The van der Waals surface area contributed by atoms with Gasteiger partial charge in [0.15, 0.2) is 0 Å². The fraction of sp³-hybridized carbons (Fsp3) is 0.375. The molecule has 1 aliphatic heterocycles. The summed E-state index contributed by atoms with van der Waals surface area (Å²) in [6.07, 6.45) is 3.60. The molecule has 0 atom stereocenters. The lowest BCUT2D eigenvalue weighted by Crippen LogP contribution is -2.50. The average molecular weight is 422 g/mol. The summed E-state index contributed by atoms with van der Waals surface area (Å²) in [5.41, 5.74) is 3.26. The Balaban J connectivity index is 1.45. The summed E-state index contributed by atoms with van der Waals surface area (Å²) >= 11 is 0. The fourth-order valence-corrected chi connectivity index (χ4v) is 3.95. The lowest BCUT2D eigenvalue weighted by atomic mass is 10.1. The summed E-state index contributed by atoms with van der Waals surface area (Å²) in [6.45, 7) is 6.95. The Labute approximate surface area is 182 Å². The molecular weight excluding hydrogens is 393 g/mol. The van der Waals surface area contributed by atoms with E-state index in [4.69, 9.17) is 5.10 Å². The molecule has 0 radical (unpaired) electrons. The molecule has 0 aliphatic carbocycles. The Hall–Kier alpha value is -3.22. The van der Waals surface area contributed by atoms with Crippen molar-refractivity contribution in [2.45, 2.75) is 33.2 Å². The second kappa shape index (κ2) is 9.29. The van der Waals surface area contributed by atoms with E-state index in [1.165, 1.54) is 6.07 Å². The molecule has 1 saturated heterocycles. The molecular formula is C24H28FN5O. The Morgan fingerprint density at radius 1 is 1.10 bits per heavy atom. The summed E-state index contributed by atoms with van der Waals surface area (Å²) in [6, 6.07) is 12.9. The van der Waals surface area contributed by atoms with Crippen molar-refractivity contribution in [3.63, 3.8) is 0 Å². The van der Waals surface area contributed by atoms with Gasteiger partial charge in [0.05, 0.1) is 5.69 Å². The van der Waals surface area contributed by atoms with Crippen LogP contribution in [0.1, 0.15) is 24.6 Å². The molecule has 0 N–H and O–H groups in total. The number of benzene rings is 1. The number of aryl methyl sites for hydroxylation is 2. The number of aromatic nitrogens is 3. The van der Waals surface area contributed by atoms with Crippen molar-refractivity contribution in [1.29, 1.82) is 0 Å². The second-order valence-corrected chi connectivity index (χ2v) is 7.95. The molecule has 162 valence electrons. The maximum atomic E-state index is 13.7. The van der Waals surface area contributed by atoms with Crippen molar-refractivity contribution < 1.29 is 9.18 Å². The van der Waals surface area contributed by atoms with Crippen LogP contribution in [-0.4, -0.2) is 51.8 Å². The van der Waals surface area contributed by atoms with Gasteiger partial charge in [0.25, 0.3) is 0 Å². The van der Waals surface area contributed by atoms with Gasteiger partial charge in [-0.15, -0.1) is 0 Å². The van der Waals surface area contributed by atoms with Crippen LogP contribution >= 0.6 is 0 Å². The topological polar surface area (TPSA) is 54.3 Å². The second-order valence-electron chi connectivity index (χ2n) is 7.95. The molecule has 7 heteroatoms. The van der Waals surface area contributed by atoms with Gasteiger partial charge in [-0.2, -0.15) is 5.10 Å². The van der Waals surface area contributed by atoms with Gasteiger partial charge in [-0.05, 0) is 55.3 Å². The molecule has 0 spiro atoms. The van der Waals surface area contributed by atoms with Crippen LogP contribution in [0.5, 0.6) is 0 Å². The highest BCUT2D eigenvalue weighted by Gasteiger charge is 2.23. The molecule has 0 saturated carbocycles. The Bertz CT molecular complexity index is 1040. The van der Waals surface area contributed by atoms with Crippen LogP contribution in [0.2, 0.25) is 0 Å². The molecule has 2 aromatic heterocycles. The first-order valence-corrected chi connectivity index (χ1v) is 10.8. The molecule has 3 heterocycles. The first-order valence-electron chi connectivity index (χ1n) is 10.8. The highest BCUT2D eigenvalue weighted by atomic mass is 19.1. The Morgan fingerprint density at radius 2 is 1.90 bits per heavy atom. The number of pyridine rings is 1. The summed E-state index contributed by atoms with van der Waals surface area (Å²) in [5.74, 6) is 0.797. The molecule has 1 fully saturated rings. The van der Waals surface area contributed by atoms with Gasteiger partial charge in [-0.3, -0.25) is 9.48 Å². The van der Waals surface area contributed by atoms with Gasteiger partial charge in [0.2, 0.25) is 5.91 Å². The molecule has 3 aromatic rings. The van der Waals surface area contributed by atoms with E-state index in [9.17, 15) is 9.18 Å². The van der Waals surface area contributed by atoms with Crippen LogP contribution < -0.4 is 4.90 Å². The van der Waals surface area contributed by atoms with Crippen LogP contribution in [0.3, 0.4) is 0 Å². The number of carbonyl (C=O) groups excluding carboxylic acids is 1. The van der Waals surface area contributed by atoms with E-state index in [1.54, 1.807) is 25.3 Å². The summed E-state index contributed by atoms with van der Waals surface area (Å²) in [4.78, 5) is 21.5. The van der Waals surface area contributed by atoms with E-state index in [0.29, 0.717) is 18.7 Å². The van der Waals surface area contributed by atoms with E-state index < -0.39 is 0 Å². The van der Waals surface area contributed by atoms with E-state index in [1.807, 2.05) is 33.8 Å². The van der Waals surface area contributed by atoms with Gasteiger partial charge >= 0.3 is 0 Å². The molecule has 0 unspecified atom stereocenters. The molecule has 6 nitrogen and oxygen atoms in total. The summed E-state index contributed by atoms with van der Waals surface area (Å²) in [7, 11) is 0. The smallest absolute Gasteiger partial charge is 0.244 e. The van der Waals surface area contributed by atoms with Crippen LogP contribution in [0, 0.1) is 12.7 Å². The average Bonchev–Trinajstić information content (AvgIpc) is 3.19. The maximum Gasteiger partial charge on any atom is 0.244 e. The van der Waals surface area contributed by atoms with Crippen molar-refractivity contribution in [2.75, 3.05) is 31.1 Å². The summed E-state index contributed by atoms with van der Waals surface area (Å²) in [5, 5.41) is 4.69. The fourth-order valence-electron chi connectivity index (χ4n) is 3.95. The third-order valence-electron chi connectivity index (χ3n) is 5.71. The van der Waals surface area contributed by atoms with Crippen molar-refractivity contribution >= 4 is 11.7 Å². The normalized spacial score (nSPS) is 14.2. The number of rotatable bonds is 6. The lowest BCUT2D eigenvalue weighted by molar-refractivity contribution is -0.132. The van der Waals surface area contributed by atoms with Gasteiger partial charge in [0.1, 0.15) is 18.2 Å². The number of nitrogens with zero attached hydrogens (tertiary/aromatic N) is 5. The van der Waals surface area contributed by atoms with Gasteiger partial charge in [0, 0.05) is 43.6 Å². The number of hydrogen-bond donors (Lipinski definition) is 0. The Morgan fingerprint density at radius 3 is 2.58 bits per heavy atom. The van der Waals surface area contributed by atoms with Crippen LogP contribution in [0.15, 0.2) is 48.7 Å². The van der Waals surface area contributed by atoms with E-state index >= 15 is 0 Å². The lowest BCUT2D eigenvalue weighted by Gasteiger charge is -2.35. The standard InChI is InChI=1S/C24H28FN5O/c1-3-6-20-16-22(19-8-9-21(25)18(2)15-19)27-30(20)17-24(31)29-13-11-28(12-14-29)23-7-4-5-10-26-23/h4-5,7-10,15-16H,3,6,11-14,17H2,1-2H3. The third-order valence-corrected chi connectivity index (χ3v) is 5.71. The number of amides is 1. The van der Waals surface area contributed by atoms with Crippen molar-refractivity contribution in [2.24, 2.45) is 0 Å². The number of hydrogen-bond acceptors (Lipinski definition) is 4. The summed E-state index contributed by atoms with van der Waals surface area (Å²) < 4.78 is 15.5. The SMILES string of the molecule is CCCc1cc(-c2ccc(F)c(C)c2)nn1CC(=O)N1CCN(c2ccccn2)CC1. The zero-order valence-corrected chi connectivity index (χ0v) is 18.1. The van der Waals surface area contributed by atoms with Crippen molar-refractivity contribution in [3.05, 3.63) is 65.7 Å². The largest absolute Gasteiger partial charge is 0.353 e. The molecule has 4 rings (SSSR count). The molecule has 0 bridgehead atoms.